The quantitative estimate of drug-likeness (QED) is 0.730. The minimum Gasteiger partial charge on any atom is -0.444 e. The van der Waals surface area contributed by atoms with Crippen LogP contribution < -0.4 is 0 Å². The summed E-state index contributed by atoms with van der Waals surface area (Å²) in [6.45, 7) is 5.79. The third-order valence-electron chi connectivity index (χ3n) is 3.60. The van der Waals surface area contributed by atoms with Gasteiger partial charge in [0.05, 0.1) is 6.61 Å². The first-order valence-electron chi connectivity index (χ1n) is 6.71. The van der Waals surface area contributed by atoms with Crippen LogP contribution in [0.2, 0.25) is 0 Å². The number of piperidine rings is 1. The minimum absolute atomic E-state index is 0.0984. The number of amides is 1. The molecule has 1 unspecified atom stereocenters. The molecule has 1 amide bonds. The lowest BCUT2D eigenvalue weighted by molar-refractivity contribution is 0.0115. The van der Waals surface area contributed by atoms with E-state index in [9.17, 15) is 4.79 Å². The van der Waals surface area contributed by atoms with E-state index in [2.05, 4.69) is 0 Å². The van der Waals surface area contributed by atoms with Crippen molar-refractivity contribution in [3.8, 4) is 0 Å². The van der Waals surface area contributed by atoms with E-state index in [-0.39, 0.29) is 24.8 Å². The summed E-state index contributed by atoms with van der Waals surface area (Å²) in [6.07, 6.45) is 5.57. The zero-order chi connectivity index (χ0) is 13.3. The van der Waals surface area contributed by atoms with Crippen LogP contribution in [0.4, 0.5) is 4.79 Å². The highest BCUT2D eigenvalue weighted by Crippen LogP contribution is 2.39. The Balaban J connectivity index is 2.05. The lowest BCUT2D eigenvalue weighted by atomic mass is 9.97. The van der Waals surface area contributed by atoms with Crippen molar-refractivity contribution in [2.75, 3.05) is 6.61 Å². The maximum atomic E-state index is 12.2. The smallest absolute Gasteiger partial charge is 0.410 e. The largest absolute Gasteiger partial charge is 0.444 e. The Labute approximate surface area is 109 Å². The molecule has 2 fully saturated rings. The minimum atomic E-state index is -0.433. The number of nitrogens with zero attached hydrogens (tertiary/aromatic N) is 1. The number of ether oxygens (including phenoxy) is 1. The van der Waals surface area contributed by atoms with Gasteiger partial charge >= 0.3 is 6.09 Å². The molecular formula is C14H23NO3. The zero-order valence-corrected chi connectivity index (χ0v) is 11.5. The average Bonchev–Trinajstić information content (AvgIpc) is 2.49. The van der Waals surface area contributed by atoms with E-state index in [4.69, 9.17) is 9.84 Å². The van der Waals surface area contributed by atoms with Crippen LogP contribution in [-0.2, 0) is 4.74 Å². The number of carbonyl (C=O) groups excluding carboxylic acids is 1. The normalized spacial score (nSPS) is 29.8. The lowest BCUT2D eigenvalue weighted by Crippen LogP contribution is -2.47. The van der Waals surface area contributed by atoms with Gasteiger partial charge in [-0.25, -0.2) is 4.79 Å². The summed E-state index contributed by atoms with van der Waals surface area (Å²) >= 11 is 0. The second-order valence-electron chi connectivity index (χ2n) is 6.23. The second kappa shape index (κ2) is 4.92. The number of aliphatic hydroxyl groups excluding tert-OH is 1. The monoisotopic (exact) mass is 253 g/mol. The molecule has 0 aromatic rings. The standard InChI is InChI=1S/C14H23NO3/c1-14(2,3)18-13(17)15-11-4-5-12(15)9-10(8-11)6-7-16/h6,11-12,16H,4-5,7-9H2,1-3H3/b10-6-/t11-,12?/m0/s1. The van der Waals surface area contributed by atoms with Gasteiger partial charge in [-0.1, -0.05) is 11.6 Å². The van der Waals surface area contributed by atoms with E-state index in [1.165, 1.54) is 5.57 Å². The van der Waals surface area contributed by atoms with Gasteiger partial charge in [0, 0.05) is 12.1 Å². The zero-order valence-electron chi connectivity index (χ0n) is 11.5. The van der Waals surface area contributed by atoms with Crippen LogP contribution in [-0.4, -0.2) is 40.4 Å². The molecule has 0 aromatic carbocycles. The van der Waals surface area contributed by atoms with E-state index < -0.39 is 5.60 Å². The van der Waals surface area contributed by atoms with Gasteiger partial charge in [-0.2, -0.15) is 0 Å². The molecule has 2 bridgehead atoms. The molecule has 102 valence electrons. The number of fused-ring (bicyclic) bond motifs is 2. The fourth-order valence-corrected chi connectivity index (χ4v) is 2.96. The molecule has 2 heterocycles. The van der Waals surface area contributed by atoms with E-state index in [1.807, 2.05) is 31.7 Å². The molecule has 1 N–H and O–H groups in total. The average molecular weight is 253 g/mol. The van der Waals surface area contributed by atoms with Crippen LogP contribution in [0.5, 0.6) is 0 Å². The summed E-state index contributed by atoms with van der Waals surface area (Å²) in [5.74, 6) is 0. The summed E-state index contributed by atoms with van der Waals surface area (Å²) < 4.78 is 5.47. The Hall–Kier alpha value is -1.03. The van der Waals surface area contributed by atoms with Crippen LogP contribution in [0.25, 0.3) is 0 Å². The molecule has 2 aliphatic heterocycles. The Morgan fingerprint density at radius 3 is 2.39 bits per heavy atom. The molecular weight excluding hydrogens is 230 g/mol. The van der Waals surface area contributed by atoms with Crippen LogP contribution >= 0.6 is 0 Å². The molecule has 2 aliphatic rings. The van der Waals surface area contributed by atoms with Gasteiger partial charge in [0.2, 0.25) is 0 Å². The van der Waals surface area contributed by atoms with E-state index in [0.717, 1.165) is 25.7 Å². The Kier molecular flexibility index (Phi) is 3.66. The predicted octanol–water partition coefficient (Wildman–Crippen LogP) is 2.47. The fraction of sp³-hybridized carbons (Fsp3) is 0.786. The number of hydrogen-bond donors (Lipinski definition) is 1. The summed E-state index contributed by atoms with van der Waals surface area (Å²) in [5, 5.41) is 8.96. The highest BCUT2D eigenvalue weighted by molar-refractivity contribution is 5.70. The van der Waals surface area contributed by atoms with Crippen molar-refractivity contribution in [3.05, 3.63) is 11.6 Å². The van der Waals surface area contributed by atoms with E-state index >= 15 is 0 Å². The van der Waals surface area contributed by atoms with Crippen molar-refractivity contribution < 1.29 is 14.6 Å². The summed E-state index contributed by atoms with van der Waals surface area (Å²) in [6, 6.07) is 0.521. The Bertz CT molecular complexity index is 341. The third-order valence-corrected chi connectivity index (χ3v) is 3.60. The predicted molar refractivity (Wildman–Crippen MR) is 69.3 cm³/mol. The van der Waals surface area contributed by atoms with Gasteiger partial charge < -0.3 is 14.7 Å². The molecule has 2 atom stereocenters. The molecule has 0 aromatic heterocycles. The number of rotatable bonds is 1. The third kappa shape index (κ3) is 2.86. The topological polar surface area (TPSA) is 49.8 Å². The van der Waals surface area contributed by atoms with E-state index in [1.54, 1.807) is 0 Å². The molecule has 2 rings (SSSR count). The van der Waals surface area contributed by atoms with Crippen molar-refractivity contribution in [2.45, 2.75) is 64.1 Å². The summed E-state index contributed by atoms with van der Waals surface area (Å²) in [5.41, 5.74) is 0.849. The number of hydrogen-bond acceptors (Lipinski definition) is 3. The number of aliphatic hydroxyl groups is 1. The van der Waals surface area contributed by atoms with Crippen molar-refractivity contribution >= 4 is 6.09 Å². The SMILES string of the molecule is CC(C)(C)OC(=O)N1C2CC[C@H]1C/C(=C/CO)C2. The van der Waals surface area contributed by atoms with Gasteiger partial charge in [0.15, 0.2) is 0 Å². The fourth-order valence-electron chi connectivity index (χ4n) is 2.96. The second-order valence-corrected chi connectivity index (χ2v) is 6.23. The first-order chi connectivity index (χ1) is 8.40. The van der Waals surface area contributed by atoms with Crippen LogP contribution in [0.15, 0.2) is 11.6 Å². The van der Waals surface area contributed by atoms with Crippen LogP contribution in [0.1, 0.15) is 46.5 Å². The molecule has 0 spiro atoms. The van der Waals surface area contributed by atoms with Crippen molar-refractivity contribution in [2.24, 2.45) is 0 Å². The van der Waals surface area contributed by atoms with Crippen LogP contribution in [0.3, 0.4) is 0 Å². The molecule has 18 heavy (non-hydrogen) atoms. The highest BCUT2D eigenvalue weighted by atomic mass is 16.6. The summed E-state index contributed by atoms with van der Waals surface area (Å²) in [7, 11) is 0. The molecule has 0 saturated carbocycles. The summed E-state index contributed by atoms with van der Waals surface area (Å²) in [4.78, 5) is 14.1. The molecule has 4 heteroatoms. The first kappa shape index (κ1) is 13.4. The Morgan fingerprint density at radius 1 is 1.39 bits per heavy atom. The Morgan fingerprint density at radius 2 is 1.94 bits per heavy atom. The van der Waals surface area contributed by atoms with Gasteiger partial charge in [-0.15, -0.1) is 0 Å². The molecule has 4 nitrogen and oxygen atoms in total. The van der Waals surface area contributed by atoms with Gasteiger partial charge in [0.1, 0.15) is 5.60 Å². The van der Waals surface area contributed by atoms with Crippen molar-refractivity contribution in [1.82, 2.24) is 4.90 Å². The maximum Gasteiger partial charge on any atom is 0.410 e. The van der Waals surface area contributed by atoms with Crippen molar-refractivity contribution in [3.63, 3.8) is 0 Å². The van der Waals surface area contributed by atoms with Crippen LogP contribution in [0, 0.1) is 0 Å². The molecule has 0 radical (unpaired) electrons. The van der Waals surface area contributed by atoms with E-state index in [0.29, 0.717) is 0 Å². The molecule has 0 aliphatic carbocycles. The molecule has 2 saturated heterocycles. The van der Waals surface area contributed by atoms with Gasteiger partial charge in [-0.05, 0) is 46.5 Å². The maximum absolute atomic E-state index is 12.2. The lowest BCUT2D eigenvalue weighted by Gasteiger charge is -2.37. The van der Waals surface area contributed by atoms with Gasteiger partial charge in [0.25, 0.3) is 0 Å². The highest BCUT2D eigenvalue weighted by Gasteiger charge is 2.42. The van der Waals surface area contributed by atoms with Crippen molar-refractivity contribution in [1.29, 1.82) is 0 Å². The van der Waals surface area contributed by atoms with Gasteiger partial charge in [-0.3, -0.25) is 0 Å². The first-order valence-corrected chi connectivity index (χ1v) is 6.71. The number of carbonyl (C=O) groups is 1.